The number of carboxylic acid groups (broad SMARTS) is 1. The number of aliphatic carboxylic acids is 1. The molecule has 1 saturated heterocycles. The second kappa shape index (κ2) is 5.43. The zero-order valence-corrected chi connectivity index (χ0v) is 11.2. The van der Waals surface area contributed by atoms with Crippen molar-refractivity contribution in [3.8, 4) is 0 Å². The quantitative estimate of drug-likeness (QED) is 0.743. The Kier molecular flexibility index (Phi) is 3.89. The summed E-state index contributed by atoms with van der Waals surface area (Å²) >= 11 is 1.04. The standard InChI is InChI=1S/C11H15N3O4S/c1-6-3-14(4-8(6)9(15)16)10(17)12-2-7-5-19-11(18)13-7/h5-6,8H,2-4H2,1H3,(H,12,17)(H,13,18)(H,15,16). The van der Waals surface area contributed by atoms with E-state index in [1.807, 2.05) is 6.92 Å². The number of urea groups is 1. The van der Waals surface area contributed by atoms with E-state index in [-0.39, 0.29) is 29.9 Å². The van der Waals surface area contributed by atoms with E-state index in [2.05, 4.69) is 10.3 Å². The highest BCUT2D eigenvalue weighted by atomic mass is 32.1. The molecule has 1 aromatic rings. The van der Waals surface area contributed by atoms with Gasteiger partial charge in [0.15, 0.2) is 0 Å². The minimum atomic E-state index is -0.870. The normalized spacial score (nSPS) is 22.5. The van der Waals surface area contributed by atoms with Gasteiger partial charge in [-0.3, -0.25) is 9.59 Å². The van der Waals surface area contributed by atoms with Crippen molar-refractivity contribution in [2.45, 2.75) is 13.5 Å². The van der Waals surface area contributed by atoms with Crippen molar-refractivity contribution in [3.05, 3.63) is 20.7 Å². The monoisotopic (exact) mass is 285 g/mol. The summed E-state index contributed by atoms with van der Waals surface area (Å²) in [5, 5.41) is 13.3. The predicted octanol–water partition coefficient (Wildman–Crippen LogP) is 0.298. The molecule has 2 atom stereocenters. The van der Waals surface area contributed by atoms with Crippen molar-refractivity contribution in [2.24, 2.45) is 11.8 Å². The van der Waals surface area contributed by atoms with Crippen LogP contribution >= 0.6 is 11.3 Å². The van der Waals surface area contributed by atoms with Crippen LogP contribution in [0.15, 0.2) is 10.2 Å². The lowest BCUT2D eigenvalue weighted by Gasteiger charge is -2.16. The van der Waals surface area contributed by atoms with Crippen molar-refractivity contribution >= 4 is 23.3 Å². The Morgan fingerprint density at radius 1 is 1.58 bits per heavy atom. The zero-order valence-electron chi connectivity index (χ0n) is 10.4. The van der Waals surface area contributed by atoms with Gasteiger partial charge >= 0.3 is 16.9 Å². The Morgan fingerprint density at radius 2 is 2.32 bits per heavy atom. The van der Waals surface area contributed by atoms with Crippen LogP contribution in [0.3, 0.4) is 0 Å². The minimum Gasteiger partial charge on any atom is -0.481 e. The molecular formula is C11H15N3O4S. The van der Waals surface area contributed by atoms with E-state index in [1.165, 1.54) is 4.90 Å². The summed E-state index contributed by atoms with van der Waals surface area (Å²) in [6.45, 7) is 2.72. The van der Waals surface area contributed by atoms with Gasteiger partial charge in [-0.15, -0.1) is 0 Å². The van der Waals surface area contributed by atoms with Gasteiger partial charge in [0.2, 0.25) is 0 Å². The van der Waals surface area contributed by atoms with Gasteiger partial charge in [0, 0.05) is 24.2 Å². The van der Waals surface area contributed by atoms with Gasteiger partial charge in [-0.1, -0.05) is 18.3 Å². The van der Waals surface area contributed by atoms with Crippen LogP contribution in [0.25, 0.3) is 0 Å². The number of carbonyl (C=O) groups is 2. The Balaban J connectivity index is 1.87. The number of H-pyrrole nitrogens is 1. The summed E-state index contributed by atoms with van der Waals surface area (Å²) in [7, 11) is 0. The van der Waals surface area contributed by atoms with Crippen LogP contribution < -0.4 is 10.2 Å². The molecule has 104 valence electrons. The van der Waals surface area contributed by atoms with Gasteiger partial charge in [-0.25, -0.2) is 4.79 Å². The molecule has 2 amide bonds. The van der Waals surface area contributed by atoms with Gasteiger partial charge in [0.1, 0.15) is 0 Å². The number of rotatable bonds is 3. The van der Waals surface area contributed by atoms with E-state index in [4.69, 9.17) is 5.11 Å². The first-order valence-electron chi connectivity index (χ1n) is 5.89. The second-order valence-electron chi connectivity index (χ2n) is 4.66. The summed E-state index contributed by atoms with van der Waals surface area (Å²) in [5.41, 5.74) is 0.644. The average molecular weight is 285 g/mol. The molecular weight excluding hydrogens is 270 g/mol. The number of thiazole rings is 1. The third-order valence-corrected chi connectivity index (χ3v) is 3.94. The van der Waals surface area contributed by atoms with Crippen LogP contribution in [0, 0.1) is 11.8 Å². The van der Waals surface area contributed by atoms with E-state index in [1.54, 1.807) is 5.38 Å². The number of amides is 2. The van der Waals surface area contributed by atoms with E-state index in [9.17, 15) is 14.4 Å². The molecule has 2 rings (SSSR count). The fourth-order valence-electron chi connectivity index (χ4n) is 2.14. The molecule has 8 heteroatoms. The first-order valence-corrected chi connectivity index (χ1v) is 6.77. The molecule has 19 heavy (non-hydrogen) atoms. The first-order chi connectivity index (χ1) is 8.97. The van der Waals surface area contributed by atoms with Crippen LogP contribution in [-0.4, -0.2) is 40.1 Å². The molecule has 2 heterocycles. The molecule has 1 aliphatic heterocycles. The number of nitrogens with zero attached hydrogens (tertiary/aromatic N) is 1. The maximum Gasteiger partial charge on any atom is 0.317 e. The molecule has 1 aromatic heterocycles. The Hall–Kier alpha value is -1.83. The van der Waals surface area contributed by atoms with Gasteiger partial charge in [0.05, 0.1) is 12.5 Å². The van der Waals surface area contributed by atoms with Crippen LogP contribution in [0.2, 0.25) is 0 Å². The number of likely N-dealkylation sites (tertiary alicyclic amines) is 1. The van der Waals surface area contributed by atoms with Gasteiger partial charge in [-0.2, -0.15) is 0 Å². The van der Waals surface area contributed by atoms with E-state index >= 15 is 0 Å². The highest BCUT2D eigenvalue weighted by molar-refractivity contribution is 7.07. The second-order valence-corrected chi connectivity index (χ2v) is 5.50. The van der Waals surface area contributed by atoms with Crippen LogP contribution in [0.5, 0.6) is 0 Å². The van der Waals surface area contributed by atoms with E-state index in [0.717, 1.165) is 11.3 Å². The highest BCUT2D eigenvalue weighted by Crippen LogP contribution is 2.22. The topological polar surface area (TPSA) is 103 Å². The molecule has 2 unspecified atom stereocenters. The molecule has 0 aromatic carbocycles. The fraction of sp³-hybridized carbons (Fsp3) is 0.545. The molecule has 0 saturated carbocycles. The summed E-state index contributed by atoms with van der Waals surface area (Å²) in [6, 6.07) is -0.303. The van der Waals surface area contributed by atoms with Crippen molar-refractivity contribution < 1.29 is 14.7 Å². The van der Waals surface area contributed by atoms with Crippen LogP contribution in [-0.2, 0) is 11.3 Å². The third kappa shape index (κ3) is 3.14. The van der Waals surface area contributed by atoms with Gasteiger partial charge < -0.3 is 20.3 Å². The maximum atomic E-state index is 11.9. The lowest BCUT2D eigenvalue weighted by atomic mass is 9.99. The molecule has 0 radical (unpaired) electrons. The average Bonchev–Trinajstić information content (AvgIpc) is 2.92. The lowest BCUT2D eigenvalue weighted by molar-refractivity contribution is -0.142. The summed E-state index contributed by atoms with van der Waals surface area (Å²) in [4.78, 5) is 37.7. The molecule has 7 nitrogen and oxygen atoms in total. The summed E-state index contributed by atoms with van der Waals surface area (Å²) in [5.74, 6) is -1.43. The number of carboxylic acids is 1. The van der Waals surface area contributed by atoms with Gasteiger partial charge in [0.25, 0.3) is 0 Å². The van der Waals surface area contributed by atoms with E-state index in [0.29, 0.717) is 12.2 Å². The smallest absolute Gasteiger partial charge is 0.317 e. The number of aromatic amines is 1. The largest absolute Gasteiger partial charge is 0.481 e. The van der Waals surface area contributed by atoms with Crippen LogP contribution in [0.1, 0.15) is 12.6 Å². The molecule has 0 aliphatic carbocycles. The number of nitrogens with one attached hydrogen (secondary N) is 2. The number of hydrogen-bond donors (Lipinski definition) is 3. The fourth-order valence-corrected chi connectivity index (χ4v) is 2.72. The minimum absolute atomic E-state index is 0.0517. The maximum absolute atomic E-state index is 11.9. The SMILES string of the molecule is CC1CN(C(=O)NCc2csc(=O)[nH]2)CC1C(=O)O. The number of aromatic nitrogens is 1. The molecule has 1 fully saturated rings. The summed E-state index contributed by atoms with van der Waals surface area (Å²) in [6.07, 6.45) is 0. The first kappa shape index (κ1) is 13.6. The van der Waals surface area contributed by atoms with Gasteiger partial charge in [-0.05, 0) is 5.92 Å². The molecule has 0 spiro atoms. The Bertz CT molecular complexity index is 538. The third-order valence-electron chi connectivity index (χ3n) is 3.22. The predicted molar refractivity (Wildman–Crippen MR) is 69.0 cm³/mol. The zero-order chi connectivity index (χ0) is 14.0. The lowest BCUT2D eigenvalue weighted by Crippen LogP contribution is -2.38. The number of hydrogen-bond acceptors (Lipinski definition) is 4. The van der Waals surface area contributed by atoms with E-state index < -0.39 is 11.9 Å². The highest BCUT2D eigenvalue weighted by Gasteiger charge is 2.36. The van der Waals surface area contributed by atoms with Crippen molar-refractivity contribution in [1.82, 2.24) is 15.2 Å². The molecule has 3 N–H and O–H groups in total. The Labute approximate surface area is 113 Å². The summed E-state index contributed by atoms with van der Waals surface area (Å²) < 4.78 is 0. The van der Waals surface area contributed by atoms with Crippen LogP contribution in [0.4, 0.5) is 4.79 Å². The Morgan fingerprint density at radius 3 is 2.84 bits per heavy atom. The molecule has 1 aliphatic rings. The number of carbonyl (C=O) groups excluding carboxylic acids is 1. The van der Waals surface area contributed by atoms with Crippen molar-refractivity contribution in [2.75, 3.05) is 13.1 Å². The van der Waals surface area contributed by atoms with Crippen molar-refractivity contribution in [1.29, 1.82) is 0 Å². The van der Waals surface area contributed by atoms with Crippen molar-refractivity contribution in [3.63, 3.8) is 0 Å². The molecule has 0 bridgehead atoms.